The molecule has 6 nitrogen and oxygen atoms in total. The van der Waals surface area contributed by atoms with Gasteiger partial charge in [0.2, 0.25) is 11.8 Å². The van der Waals surface area contributed by atoms with Crippen molar-refractivity contribution in [3.8, 4) is 0 Å². The summed E-state index contributed by atoms with van der Waals surface area (Å²) in [6.07, 6.45) is 3.63. The van der Waals surface area contributed by atoms with Crippen molar-refractivity contribution in [1.29, 1.82) is 0 Å². The number of carbonyl (C=O) groups is 2. The third-order valence-electron chi connectivity index (χ3n) is 7.21. The summed E-state index contributed by atoms with van der Waals surface area (Å²) in [5.41, 5.74) is 4.36. The molecule has 0 aliphatic heterocycles. The first-order valence-electron chi connectivity index (χ1n) is 13.1. The number of rotatable bonds is 6. The van der Waals surface area contributed by atoms with Gasteiger partial charge in [0.05, 0.1) is 25.4 Å². The van der Waals surface area contributed by atoms with E-state index in [0.717, 1.165) is 54.6 Å². The highest BCUT2D eigenvalue weighted by molar-refractivity contribution is 6.10. The standard InChI is InChI=1S/C34H24N2O4/c37-31(16-23-19-39-29-14-12-21-6-1-3-10-27(21)33(23)29)35-25-8-5-9-26(18-25)36-32(38)17-24-20-40-30-15-13-22-7-2-4-11-28(22)34(24)30/h1-15,18-20H,16-17H2,(H,35,37)(H,36,38). The molecule has 7 rings (SSSR count). The summed E-state index contributed by atoms with van der Waals surface area (Å²) in [5, 5.41) is 12.1. The van der Waals surface area contributed by atoms with Gasteiger partial charge in [-0.1, -0.05) is 66.7 Å². The first kappa shape index (κ1) is 23.7. The summed E-state index contributed by atoms with van der Waals surface area (Å²) in [6, 6.07) is 31.1. The first-order chi connectivity index (χ1) is 19.6. The van der Waals surface area contributed by atoms with Crippen molar-refractivity contribution < 1.29 is 18.4 Å². The van der Waals surface area contributed by atoms with Crippen LogP contribution in [0.1, 0.15) is 11.1 Å². The predicted molar refractivity (Wildman–Crippen MR) is 159 cm³/mol. The highest BCUT2D eigenvalue weighted by atomic mass is 16.3. The lowest BCUT2D eigenvalue weighted by Crippen LogP contribution is -2.16. The molecule has 2 N–H and O–H groups in total. The Bertz CT molecular complexity index is 1920. The van der Waals surface area contributed by atoms with E-state index in [1.807, 2.05) is 72.8 Å². The minimum Gasteiger partial charge on any atom is -0.464 e. The molecule has 5 aromatic carbocycles. The summed E-state index contributed by atoms with van der Waals surface area (Å²) < 4.78 is 11.5. The third-order valence-corrected chi connectivity index (χ3v) is 7.21. The van der Waals surface area contributed by atoms with Crippen LogP contribution >= 0.6 is 0 Å². The van der Waals surface area contributed by atoms with Gasteiger partial charge < -0.3 is 19.5 Å². The SMILES string of the molecule is O=C(Cc1coc2ccc3ccccc3c12)Nc1cccc(NC(=O)Cc2coc3ccc4ccccc4c23)c1. The Morgan fingerprint density at radius 2 is 1.02 bits per heavy atom. The van der Waals surface area contributed by atoms with Crippen LogP contribution < -0.4 is 10.6 Å². The summed E-state index contributed by atoms with van der Waals surface area (Å²) in [5.74, 6) is -0.341. The maximum atomic E-state index is 13.0. The zero-order chi connectivity index (χ0) is 27.1. The van der Waals surface area contributed by atoms with E-state index in [-0.39, 0.29) is 24.7 Å². The molecule has 0 bridgehead atoms. The van der Waals surface area contributed by atoms with Crippen LogP contribution in [0.2, 0.25) is 0 Å². The van der Waals surface area contributed by atoms with Crippen molar-refractivity contribution >= 4 is 66.7 Å². The van der Waals surface area contributed by atoms with Gasteiger partial charge in [-0.3, -0.25) is 9.59 Å². The molecule has 2 heterocycles. The van der Waals surface area contributed by atoms with Crippen LogP contribution in [-0.2, 0) is 22.4 Å². The molecule has 2 amide bonds. The second-order valence-corrected chi connectivity index (χ2v) is 9.87. The quantitative estimate of drug-likeness (QED) is 0.232. The minimum atomic E-state index is -0.171. The normalized spacial score (nSPS) is 11.4. The lowest BCUT2D eigenvalue weighted by atomic mass is 10.0. The third kappa shape index (κ3) is 4.35. The maximum absolute atomic E-state index is 13.0. The van der Waals surface area contributed by atoms with Crippen LogP contribution in [0.3, 0.4) is 0 Å². The molecule has 0 unspecified atom stereocenters. The second-order valence-electron chi connectivity index (χ2n) is 9.87. The summed E-state index contributed by atoms with van der Waals surface area (Å²) in [6.45, 7) is 0. The molecule has 0 aliphatic carbocycles. The number of hydrogen-bond donors (Lipinski definition) is 2. The van der Waals surface area contributed by atoms with Crippen molar-refractivity contribution in [1.82, 2.24) is 0 Å². The molecule has 0 saturated heterocycles. The van der Waals surface area contributed by atoms with Gasteiger partial charge in [-0.05, 0) is 51.9 Å². The average molecular weight is 525 g/mol. The Hall–Kier alpha value is -5.36. The fourth-order valence-corrected chi connectivity index (χ4v) is 5.44. The Morgan fingerprint density at radius 3 is 1.52 bits per heavy atom. The van der Waals surface area contributed by atoms with E-state index < -0.39 is 0 Å². The van der Waals surface area contributed by atoms with E-state index in [1.165, 1.54) is 0 Å². The van der Waals surface area contributed by atoms with Crippen LogP contribution in [0, 0.1) is 0 Å². The fourth-order valence-electron chi connectivity index (χ4n) is 5.44. The maximum Gasteiger partial charge on any atom is 0.228 e. The molecule has 40 heavy (non-hydrogen) atoms. The number of hydrogen-bond acceptors (Lipinski definition) is 4. The average Bonchev–Trinajstić information content (AvgIpc) is 3.57. The van der Waals surface area contributed by atoms with Crippen LogP contribution in [-0.4, -0.2) is 11.8 Å². The molecular weight excluding hydrogens is 500 g/mol. The summed E-state index contributed by atoms with van der Waals surface area (Å²) in [7, 11) is 0. The molecule has 0 atom stereocenters. The zero-order valence-corrected chi connectivity index (χ0v) is 21.4. The van der Waals surface area contributed by atoms with Crippen LogP contribution in [0.5, 0.6) is 0 Å². The Kier molecular flexibility index (Phi) is 5.78. The van der Waals surface area contributed by atoms with Crippen LogP contribution in [0.15, 0.2) is 118 Å². The van der Waals surface area contributed by atoms with Crippen molar-refractivity contribution in [3.63, 3.8) is 0 Å². The first-order valence-corrected chi connectivity index (χ1v) is 13.1. The molecule has 0 saturated carbocycles. The van der Waals surface area contributed by atoms with Gasteiger partial charge in [-0.15, -0.1) is 0 Å². The fraction of sp³-hybridized carbons (Fsp3) is 0.0588. The predicted octanol–water partition coefficient (Wildman–Crippen LogP) is 7.85. The number of fused-ring (bicyclic) bond motifs is 6. The number of benzene rings is 5. The monoisotopic (exact) mass is 524 g/mol. The molecule has 0 fully saturated rings. The van der Waals surface area contributed by atoms with Gasteiger partial charge in [-0.2, -0.15) is 0 Å². The van der Waals surface area contributed by atoms with Crippen molar-refractivity contribution in [3.05, 3.63) is 121 Å². The lowest BCUT2D eigenvalue weighted by molar-refractivity contribution is -0.116. The number of furan rings is 2. The molecule has 194 valence electrons. The van der Waals surface area contributed by atoms with Gasteiger partial charge in [0.15, 0.2) is 0 Å². The topological polar surface area (TPSA) is 84.5 Å². The van der Waals surface area contributed by atoms with E-state index in [1.54, 1.807) is 36.8 Å². The van der Waals surface area contributed by atoms with E-state index in [2.05, 4.69) is 10.6 Å². The Morgan fingerprint density at radius 1 is 0.550 bits per heavy atom. The van der Waals surface area contributed by atoms with Gasteiger partial charge >= 0.3 is 0 Å². The van der Waals surface area contributed by atoms with E-state index in [4.69, 9.17) is 8.83 Å². The van der Waals surface area contributed by atoms with E-state index in [0.29, 0.717) is 11.4 Å². The number of carbonyl (C=O) groups excluding carboxylic acids is 2. The van der Waals surface area contributed by atoms with Crippen molar-refractivity contribution in [2.75, 3.05) is 10.6 Å². The minimum absolute atomic E-state index is 0.166. The number of amides is 2. The zero-order valence-electron chi connectivity index (χ0n) is 21.4. The Labute approximate surface area is 229 Å². The largest absolute Gasteiger partial charge is 0.464 e. The van der Waals surface area contributed by atoms with Gasteiger partial charge in [0.25, 0.3) is 0 Å². The van der Waals surface area contributed by atoms with Crippen LogP contribution in [0.4, 0.5) is 11.4 Å². The molecule has 2 aromatic heterocycles. The Balaban J connectivity index is 1.06. The van der Waals surface area contributed by atoms with Gasteiger partial charge in [-0.25, -0.2) is 0 Å². The highest BCUT2D eigenvalue weighted by Gasteiger charge is 2.15. The smallest absolute Gasteiger partial charge is 0.228 e. The van der Waals surface area contributed by atoms with Gasteiger partial charge in [0.1, 0.15) is 11.2 Å². The summed E-state index contributed by atoms with van der Waals surface area (Å²) >= 11 is 0. The van der Waals surface area contributed by atoms with Crippen molar-refractivity contribution in [2.24, 2.45) is 0 Å². The van der Waals surface area contributed by atoms with Crippen molar-refractivity contribution in [2.45, 2.75) is 12.8 Å². The number of nitrogens with one attached hydrogen (secondary N) is 2. The molecule has 6 heteroatoms. The van der Waals surface area contributed by atoms with E-state index in [9.17, 15) is 9.59 Å². The van der Waals surface area contributed by atoms with E-state index >= 15 is 0 Å². The summed E-state index contributed by atoms with van der Waals surface area (Å²) in [4.78, 5) is 26.0. The molecule has 7 aromatic rings. The van der Waals surface area contributed by atoms with Gasteiger partial charge in [0, 0.05) is 33.3 Å². The molecule has 0 spiro atoms. The number of anilines is 2. The lowest BCUT2D eigenvalue weighted by Gasteiger charge is -2.09. The second kappa shape index (κ2) is 9.75. The highest BCUT2D eigenvalue weighted by Crippen LogP contribution is 2.31. The molecular formula is C34H24N2O4. The van der Waals surface area contributed by atoms with Crippen LogP contribution in [0.25, 0.3) is 43.5 Å². The molecule has 0 aliphatic rings. The molecule has 0 radical (unpaired) electrons.